The third kappa shape index (κ3) is 5.90. The SMILES string of the molecule is Cc1ccc(C=CC(=O)O)cc1C(=O)NCCCC(N)=O. The molecule has 6 nitrogen and oxygen atoms in total. The number of rotatable bonds is 7. The zero-order chi connectivity index (χ0) is 15.8. The van der Waals surface area contributed by atoms with Gasteiger partial charge >= 0.3 is 5.97 Å². The van der Waals surface area contributed by atoms with Gasteiger partial charge in [0.05, 0.1) is 0 Å². The van der Waals surface area contributed by atoms with Crippen LogP contribution < -0.4 is 11.1 Å². The molecule has 0 unspecified atom stereocenters. The lowest BCUT2D eigenvalue weighted by Gasteiger charge is -2.08. The predicted molar refractivity (Wildman–Crippen MR) is 78.6 cm³/mol. The Kier molecular flexibility index (Phi) is 6.13. The molecule has 0 spiro atoms. The maximum Gasteiger partial charge on any atom is 0.328 e. The maximum atomic E-state index is 12.0. The molecule has 0 fully saturated rings. The van der Waals surface area contributed by atoms with Crippen molar-refractivity contribution in [3.63, 3.8) is 0 Å². The molecule has 4 N–H and O–H groups in total. The minimum absolute atomic E-state index is 0.223. The Morgan fingerprint density at radius 1 is 1.33 bits per heavy atom. The molecular weight excluding hydrogens is 272 g/mol. The summed E-state index contributed by atoms with van der Waals surface area (Å²) < 4.78 is 0. The molecule has 0 aliphatic rings. The van der Waals surface area contributed by atoms with Crippen molar-refractivity contribution in [1.29, 1.82) is 0 Å². The smallest absolute Gasteiger partial charge is 0.328 e. The number of carbonyl (C=O) groups excluding carboxylic acids is 2. The van der Waals surface area contributed by atoms with E-state index in [1.807, 2.05) is 0 Å². The zero-order valence-corrected chi connectivity index (χ0v) is 11.8. The molecule has 0 saturated heterocycles. The predicted octanol–water partition coefficient (Wildman–Crippen LogP) is 1.09. The molecule has 0 radical (unpaired) electrons. The van der Waals surface area contributed by atoms with E-state index in [-0.39, 0.29) is 12.3 Å². The van der Waals surface area contributed by atoms with Crippen LogP contribution in [0.2, 0.25) is 0 Å². The summed E-state index contributed by atoms with van der Waals surface area (Å²) in [4.78, 5) is 33.1. The summed E-state index contributed by atoms with van der Waals surface area (Å²) in [7, 11) is 0. The van der Waals surface area contributed by atoms with E-state index in [0.717, 1.165) is 11.6 Å². The van der Waals surface area contributed by atoms with Crippen LogP contribution in [0.1, 0.15) is 34.3 Å². The second-order valence-electron chi connectivity index (χ2n) is 4.57. The van der Waals surface area contributed by atoms with Crippen LogP contribution in [-0.2, 0) is 9.59 Å². The van der Waals surface area contributed by atoms with Crippen molar-refractivity contribution >= 4 is 23.9 Å². The number of hydrogen-bond acceptors (Lipinski definition) is 3. The summed E-state index contributed by atoms with van der Waals surface area (Å²) in [5.74, 6) is -1.71. The molecule has 112 valence electrons. The molecule has 1 aromatic rings. The van der Waals surface area contributed by atoms with Crippen LogP contribution in [-0.4, -0.2) is 29.4 Å². The molecule has 0 atom stereocenters. The Morgan fingerprint density at radius 2 is 2.05 bits per heavy atom. The number of aliphatic carboxylic acids is 1. The largest absolute Gasteiger partial charge is 0.478 e. The number of primary amides is 1. The van der Waals surface area contributed by atoms with E-state index in [4.69, 9.17) is 10.8 Å². The van der Waals surface area contributed by atoms with Gasteiger partial charge in [-0.3, -0.25) is 9.59 Å². The summed E-state index contributed by atoms with van der Waals surface area (Å²) in [6.45, 7) is 2.15. The first-order chi connectivity index (χ1) is 9.90. The Hall–Kier alpha value is -2.63. The summed E-state index contributed by atoms with van der Waals surface area (Å²) >= 11 is 0. The molecule has 0 aromatic heterocycles. The van der Waals surface area contributed by atoms with Gasteiger partial charge in [0.1, 0.15) is 0 Å². The Labute approximate surface area is 122 Å². The minimum atomic E-state index is -1.05. The van der Waals surface area contributed by atoms with E-state index in [1.54, 1.807) is 25.1 Å². The lowest BCUT2D eigenvalue weighted by Crippen LogP contribution is -2.26. The van der Waals surface area contributed by atoms with E-state index in [9.17, 15) is 14.4 Å². The van der Waals surface area contributed by atoms with E-state index in [2.05, 4.69) is 5.32 Å². The summed E-state index contributed by atoms with van der Waals surface area (Å²) in [6.07, 6.45) is 3.14. The van der Waals surface area contributed by atoms with Gasteiger partial charge in [0.25, 0.3) is 5.91 Å². The van der Waals surface area contributed by atoms with Crippen LogP contribution in [0, 0.1) is 6.92 Å². The fraction of sp³-hybridized carbons (Fsp3) is 0.267. The molecule has 0 aliphatic heterocycles. The van der Waals surface area contributed by atoms with E-state index in [0.29, 0.717) is 24.1 Å². The topological polar surface area (TPSA) is 109 Å². The maximum absolute atomic E-state index is 12.0. The summed E-state index contributed by atoms with van der Waals surface area (Å²) in [6, 6.07) is 5.11. The fourth-order valence-electron chi connectivity index (χ4n) is 1.72. The highest BCUT2D eigenvalue weighted by Gasteiger charge is 2.09. The molecule has 2 amide bonds. The summed E-state index contributed by atoms with van der Waals surface area (Å²) in [5.41, 5.74) is 6.91. The molecular formula is C15H18N2O4. The average Bonchev–Trinajstić information content (AvgIpc) is 2.42. The van der Waals surface area contributed by atoms with Crippen molar-refractivity contribution in [1.82, 2.24) is 5.32 Å². The lowest BCUT2D eigenvalue weighted by molar-refractivity contribution is -0.131. The van der Waals surface area contributed by atoms with Gasteiger partial charge < -0.3 is 16.2 Å². The van der Waals surface area contributed by atoms with Gasteiger partial charge in [0, 0.05) is 24.6 Å². The first kappa shape index (κ1) is 16.4. The van der Waals surface area contributed by atoms with E-state index >= 15 is 0 Å². The van der Waals surface area contributed by atoms with Crippen molar-refractivity contribution < 1.29 is 19.5 Å². The van der Waals surface area contributed by atoms with Crippen molar-refractivity contribution in [2.75, 3.05) is 6.54 Å². The third-order valence-corrected chi connectivity index (χ3v) is 2.81. The molecule has 0 heterocycles. The summed E-state index contributed by atoms with van der Waals surface area (Å²) in [5, 5.41) is 11.3. The van der Waals surface area contributed by atoms with Crippen LogP contribution >= 0.6 is 0 Å². The second-order valence-corrected chi connectivity index (χ2v) is 4.57. The third-order valence-electron chi connectivity index (χ3n) is 2.81. The van der Waals surface area contributed by atoms with Crippen molar-refractivity contribution in [2.45, 2.75) is 19.8 Å². The molecule has 0 saturated carbocycles. The van der Waals surface area contributed by atoms with Crippen LogP contribution in [0.25, 0.3) is 6.08 Å². The fourth-order valence-corrected chi connectivity index (χ4v) is 1.72. The first-order valence-corrected chi connectivity index (χ1v) is 6.48. The van der Waals surface area contributed by atoms with Gasteiger partial charge in [0.15, 0.2) is 0 Å². The zero-order valence-electron chi connectivity index (χ0n) is 11.8. The number of benzene rings is 1. The van der Waals surface area contributed by atoms with Gasteiger partial charge in [-0.05, 0) is 36.6 Å². The number of aryl methyl sites for hydroxylation is 1. The highest BCUT2D eigenvalue weighted by atomic mass is 16.4. The number of carboxylic acids is 1. The molecule has 6 heteroatoms. The lowest BCUT2D eigenvalue weighted by atomic mass is 10.0. The Balaban J connectivity index is 2.72. The Bertz CT molecular complexity index is 579. The number of nitrogens with two attached hydrogens (primary N) is 1. The molecule has 0 bridgehead atoms. The minimum Gasteiger partial charge on any atom is -0.478 e. The average molecular weight is 290 g/mol. The molecule has 21 heavy (non-hydrogen) atoms. The Morgan fingerprint density at radius 3 is 2.67 bits per heavy atom. The normalized spacial score (nSPS) is 10.5. The van der Waals surface area contributed by atoms with Crippen LogP contribution in [0.15, 0.2) is 24.3 Å². The van der Waals surface area contributed by atoms with Crippen molar-refractivity contribution in [3.8, 4) is 0 Å². The van der Waals surface area contributed by atoms with Crippen LogP contribution in [0.5, 0.6) is 0 Å². The number of nitrogens with one attached hydrogen (secondary N) is 1. The first-order valence-electron chi connectivity index (χ1n) is 6.48. The van der Waals surface area contributed by atoms with Crippen molar-refractivity contribution in [3.05, 3.63) is 41.0 Å². The van der Waals surface area contributed by atoms with Gasteiger partial charge in [0.2, 0.25) is 5.91 Å². The van der Waals surface area contributed by atoms with Gasteiger partial charge in [-0.25, -0.2) is 4.79 Å². The van der Waals surface area contributed by atoms with Crippen molar-refractivity contribution in [2.24, 2.45) is 5.73 Å². The monoisotopic (exact) mass is 290 g/mol. The van der Waals surface area contributed by atoms with Gasteiger partial charge in [-0.15, -0.1) is 0 Å². The second kappa shape index (κ2) is 7.84. The van der Waals surface area contributed by atoms with E-state index < -0.39 is 11.9 Å². The standard InChI is InChI=1S/C15H18N2O4/c1-10-4-5-11(6-7-14(19)20)9-12(10)15(21)17-8-2-3-13(16)18/h4-7,9H,2-3,8H2,1H3,(H2,16,18)(H,17,21)(H,19,20). The molecule has 1 aromatic carbocycles. The number of hydrogen-bond donors (Lipinski definition) is 3. The quantitative estimate of drug-likeness (QED) is 0.515. The number of carboxylic acid groups (broad SMARTS) is 1. The van der Waals surface area contributed by atoms with Crippen LogP contribution in [0.4, 0.5) is 0 Å². The van der Waals surface area contributed by atoms with Gasteiger partial charge in [-0.1, -0.05) is 12.1 Å². The number of carbonyl (C=O) groups is 3. The van der Waals surface area contributed by atoms with E-state index in [1.165, 1.54) is 6.08 Å². The van der Waals surface area contributed by atoms with Gasteiger partial charge in [-0.2, -0.15) is 0 Å². The number of amides is 2. The highest BCUT2D eigenvalue weighted by Crippen LogP contribution is 2.12. The molecule has 1 rings (SSSR count). The molecule has 0 aliphatic carbocycles. The highest BCUT2D eigenvalue weighted by molar-refractivity contribution is 5.96. The van der Waals surface area contributed by atoms with Crippen LogP contribution in [0.3, 0.4) is 0 Å².